The van der Waals surface area contributed by atoms with E-state index in [-0.39, 0.29) is 23.4 Å². The molecule has 0 bridgehead atoms. The van der Waals surface area contributed by atoms with Crippen LogP contribution in [0.5, 0.6) is 0 Å². The minimum Gasteiger partial charge on any atom is -0.383 e. The maximum atomic E-state index is 13.1. The van der Waals surface area contributed by atoms with E-state index in [9.17, 15) is 9.59 Å². The first-order valence-electron chi connectivity index (χ1n) is 12.4. The molecule has 198 valence electrons. The number of hydrogen-bond donors (Lipinski definition) is 2. The molecular weight excluding hydrogens is 478 g/mol. The van der Waals surface area contributed by atoms with Crippen LogP contribution in [-0.2, 0) is 16.0 Å². The Morgan fingerprint density at radius 3 is 2.81 bits per heavy atom. The van der Waals surface area contributed by atoms with Crippen LogP contribution in [-0.4, -0.2) is 80.3 Å². The van der Waals surface area contributed by atoms with Gasteiger partial charge in [0.25, 0.3) is 11.8 Å². The Hall–Kier alpha value is -2.53. The number of likely N-dealkylation sites (N-methyl/N-ethyl adjacent to an activating group) is 1. The average Bonchev–Trinajstić information content (AvgIpc) is 3.35. The van der Waals surface area contributed by atoms with Crippen molar-refractivity contribution in [2.24, 2.45) is 0 Å². The number of amides is 2. The lowest BCUT2D eigenvalue weighted by molar-refractivity contribution is -0.0552. The summed E-state index contributed by atoms with van der Waals surface area (Å²) in [5.41, 5.74) is 2.14. The Bertz CT molecular complexity index is 1040. The molecule has 36 heavy (non-hydrogen) atoms. The number of nitrogens with one attached hydrogen (secondary N) is 2. The Labute approximate surface area is 218 Å². The van der Waals surface area contributed by atoms with Crippen molar-refractivity contribution < 1.29 is 19.1 Å². The Balaban J connectivity index is 1.80. The summed E-state index contributed by atoms with van der Waals surface area (Å²) >= 11 is 1.40. The van der Waals surface area contributed by atoms with E-state index in [1.807, 2.05) is 44.0 Å². The van der Waals surface area contributed by atoms with Crippen LogP contribution in [0.4, 0.5) is 10.8 Å². The van der Waals surface area contributed by atoms with Gasteiger partial charge in [0.1, 0.15) is 5.69 Å². The van der Waals surface area contributed by atoms with Crippen molar-refractivity contribution in [1.29, 1.82) is 0 Å². The Kier molecular flexibility index (Phi) is 9.84. The Morgan fingerprint density at radius 2 is 2.11 bits per heavy atom. The number of ether oxygens (including phenoxy) is 2. The molecule has 2 N–H and O–H groups in total. The monoisotopic (exact) mass is 517 g/mol. The van der Waals surface area contributed by atoms with E-state index >= 15 is 0 Å². The molecule has 1 aromatic carbocycles. The van der Waals surface area contributed by atoms with Crippen molar-refractivity contribution in [2.45, 2.75) is 52.2 Å². The van der Waals surface area contributed by atoms with Gasteiger partial charge in [0.15, 0.2) is 5.13 Å². The third-order valence-corrected chi connectivity index (χ3v) is 7.33. The van der Waals surface area contributed by atoms with Crippen LogP contribution in [0.25, 0.3) is 0 Å². The van der Waals surface area contributed by atoms with E-state index in [1.165, 1.54) is 11.3 Å². The molecule has 1 atom stereocenters. The molecule has 1 aliphatic heterocycles. The lowest BCUT2D eigenvalue weighted by atomic mass is 10.00. The van der Waals surface area contributed by atoms with Gasteiger partial charge in [-0.25, -0.2) is 4.98 Å². The first kappa shape index (κ1) is 28.0. The summed E-state index contributed by atoms with van der Waals surface area (Å²) in [7, 11) is 3.58. The summed E-state index contributed by atoms with van der Waals surface area (Å²) in [5, 5.41) is 8.30. The molecule has 2 aromatic rings. The quantitative estimate of drug-likeness (QED) is 0.470. The molecule has 1 saturated heterocycles. The number of nitrogens with zero attached hydrogens (tertiary/aromatic N) is 3. The molecule has 1 aromatic heterocycles. The first-order valence-corrected chi connectivity index (χ1v) is 13.3. The second kappa shape index (κ2) is 12.6. The average molecular weight is 518 g/mol. The number of hydrogen-bond acceptors (Lipinski definition) is 8. The van der Waals surface area contributed by atoms with Crippen molar-refractivity contribution in [3.63, 3.8) is 0 Å². The van der Waals surface area contributed by atoms with Crippen molar-refractivity contribution in [2.75, 3.05) is 57.3 Å². The number of thiazole rings is 1. The molecule has 0 radical (unpaired) electrons. The number of carbonyl (C=O) groups is 2. The van der Waals surface area contributed by atoms with Crippen molar-refractivity contribution in [3.05, 3.63) is 40.4 Å². The molecular formula is C26H39N5O4S. The highest BCUT2D eigenvalue weighted by atomic mass is 32.1. The molecule has 1 fully saturated rings. The van der Waals surface area contributed by atoms with Crippen LogP contribution >= 0.6 is 11.3 Å². The Morgan fingerprint density at radius 1 is 1.33 bits per heavy atom. The molecule has 0 aliphatic carbocycles. The number of methoxy groups -OCH3 is 1. The predicted molar refractivity (Wildman–Crippen MR) is 144 cm³/mol. The van der Waals surface area contributed by atoms with Gasteiger partial charge >= 0.3 is 0 Å². The fourth-order valence-corrected chi connectivity index (χ4v) is 4.86. The third-order valence-electron chi connectivity index (χ3n) is 6.40. The molecule has 9 nitrogen and oxygen atoms in total. The van der Waals surface area contributed by atoms with Gasteiger partial charge < -0.3 is 25.0 Å². The highest BCUT2D eigenvalue weighted by Crippen LogP contribution is 2.26. The molecule has 0 saturated carbocycles. The third kappa shape index (κ3) is 7.03. The topological polar surface area (TPSA) is 96.0 Å². The number of aromatic nitrogens is 1. The second-order valence-electron chi connectivity index (χ2n) is 9.81. The molecule has 2 heterocycles. The summed E-state index contributed by atoms with van der Waals surface area (Å²) in [5.74, 6) is -0.556. The summed E-state index contributed by atoms with van der Waals surface area (Å²) in [4.78, 5) is 34.9. The molecule has 0 spiro atoms. The van der Waals surface area contributed by atoms with Gasteiger partial charge in [-0.05, 0) is 44.9 Å². The van der Waals surface area contributed by atoms with Crippen molar-refractivity contribution in [3.8, 4) is 0 Å². The summed E-state index contributed by atoms with van der Waals surface area (Å²) in [6.07, 6.45) is 0.825. The molecule has 1 aliphatic rings. The SMILES string of the molecule is CCCNC(=O)c1cc(CN2CCOCC2(C)C)ccc1NC(=O)c1csc(N(C)[C@H](C)COC)n1. The van der Waals surface area contributed by atoms with Gasteiger partial charge in [0.2, 0.25) is 0 Å². The number of anilines is 2. The number of benzene rings is 1. The van der Waals surface area contributed by atoms with E-state index in [0.29, 0.717) is 49.9 Å². The van der Waals surface area contributed by atoms with Crippen molar-refractivity contribution >= 4 is 34.0 Å². The number of morpholine rings is 1. The smallest absolute Gasteiger partial charge is 0.275 e. The zero-order valence-corrected chi connectivity index (χ0v) is 23.0. The minimum absolute atomic E-state index is 0.0913. The molecule has 2 amide bonds. The maximum absolute atomic E-state index is 13.1. The number of rotatable bonds is 11. The summed E-state index contributed by atoms with van der Waals surface area (Å²) in [6, 6.07) is 5.76. The maximum Gasteiger partial charge on any atom is 0.275 e. The predicted octanol–water partition coefficient (Wildman–Crippen LogP) is 3.62. The van der Waals surface area contributed by atoms with Crippen LogP contribution in [0, 0.1) is 0 Å². The van der Waals surface area contributed by atoms with Crippen molar-refractivity contribution in [1.82, 2.24) is 15.2 Å². The lowest BCUT2D eigenvalue weighted by Gasteiger charge is -2.42. The molecule has 3 rings (SSSR count). The van der Waals surface area contributed by atoms with Crippen LogP contribution in [0.15, 0.2) is 23.6 Å². The van der Waals surface area contributed by atoms with Gasteiger partial charge in [0.05, 0.1) is 37.1 Å². The van der Waals surface area contributed by atoms with Crippen LogP contribution in [0.3, 0.4) is 0 Å². The van der Waals surface area contributed by atoms with Gasteiger partial charge in [-0.15, -0.1) is 11.3 Å². The van der Waals surface area contributed by atoms with Gasteiger partial charge in [-0.1, -0.05) is 13.0 Å². The molecule has 10 heteroatoms. The van der Waals surface area contributed by atoms with Gasteiger partial charge in [-0.2, -0.15) is 0 Å². The van der Waals surface area contributed by atoms with E-state index < -0.39 is 0 Å². The van der Waals surface area contributed by atoms with Crippen LogP contribution < -0.4 is 15.5 Å². The number of carbonyl (C=O) groups excluding carboxylic acids is 2. The minimum atomic E-state index is -0.350. The van der Waals surface area contributed by atoms with E-state index in [0.717, 1.165) is 23.7 Å². The fraction of sp³-hybridized carbons (Fsp3) is 0.577. The normalized spacial score (nSPS) is 16.4. The van der Waals surface area contributed by atoms with Crippen LogP contribution in [0.1, 0.15) is 60.5 Å². The zero-order valence-electron chi connectivity index (χ0n) is 22.2. The molecule has 0 unspecified atom stereocenters. The standard InChI is InChI=1S/C26H39N5O4S/c1-7-10-27-23(32)20-13-19(14-31-11-12-35-17-26(31,3)4)8-9-21(20)28-24(33)22-16-36-25(29-22)30(5)18(2)15-34-6/h8-9,13,16,18H,7,10-12,14-15,17H2,1-6H3,(H,27,32)(H,28,33)/t18-/m1/s1. The van der Waals surface area contributed by atoms with E-state index in [2.05, 4.69) is 34.4 Å². The highest BCUT2D eigenvalue weighted by Gasteiger charge is 2.30. The van der Waals surface area contributed by atoms with E-state index in [4.69, 9.17) is 9.47 Å². The summed E-state index contributed by atoms with van der Waals surface area (Å²) in [6.45, 7) is 12.4. The highest BCUT2D eigenvalue weighted by molar-refractivity contribution is 7.14. The second-order valence-corrected chi connectivity index (χ2v) is 10.6. The van der Waals surface area contributed by atoms with Gasteiger partial charge in [-0.3, -0.25) is 14.5 Å². The van der Waals surface area contributed by atoms with E-state index in [1.54, 1.807) is 12.5 Å². The summed E-state index contributed by atoms with van der Waals surface area (Å²) < 4.78 is 10.9. The van der Waals surface area contributed by atoms with Gasteiger partial charge in [0, 0.05) is 44.7 Å². The lowest BCUT2D eigenvalue weighted by Crippen LogP contribution is -2.52. The first-order chi connectivity index (χ1) is 17.2. The zero-order chi connectivity index (χ0) is 26.3. The fourth-order valence-electron chi connectivity index (χ4n) is 3.98. The van der Waals surface area contributed by atoms with Crippen LogP contribution in [0.2, 0.25) is 0 Å². The largest absolute Gasteiger partial charge is 0.383 e.